The van der Waals surface area contributed by atoms with Gasteiger partial charge >= 0.3 is 0 Å². The summed E-state index contributed by atoms with van der Waals surface area (Å²) in [5.41, 5.74) is 5.50. The molecule has 0 radical (unpaired) electrons. The van der Waals surface area contributed by atoms with Crippen LogP contribution in [0.4, 0.5) is 14.5 Å². The minimum atomic E-state index is -1.03. The molecule has 0 aliphatic heterocycles. The third kappa shape index (κ3) is 2.24. The van der Waals surface area contributed by atoms with Crippen molar-refractivity contribution in [2.24, 2.45) is 0 Å². The van der Waals surface area contributed by atoms with E-state index in [1.54, 1.807) is 0 Å². The van der Waals surface area contributed by atoms with Gasteiger partial charge in [0.05, 0.1) is 5.69 Å². The van der Waals surface area contributed by atoms with Crippen molar-refractivity contribution in [3.63, 3.8) is 0 Å². The maximum absolute atomic E-state index is 12.7. The first-order valence-corrected chi connectivity index (χ1v) is 3.82. The van der Waals surface area contributed by atoms with Gasteiger partial charge in [-0.3, -0.25) is 0 Å². The highest BCUT2D eigenvalue weighted by atomic mass is 19.2. The molecule has 0 heterocycles. The van der Waals surface area contributed by atoms with Crippen LogP contribution in [0, 0.1) is 11.6 Å². The number of carbonyl (C=O) groups excluding carboxylic acids is 1. The van der Waals surface area contributed by atoms with Gasteiger partial charge in [-0.15, -0.1) is 0 Å². The number of nitrogens with two attached hydrogens (primary N) is 1. The fraction of sp³-hybridized carbons (Fsp3) is 0.222. The molecule has 0 aromatic heterocycles. The Morgan fingerprint density at radius 1 is 1.38 bits per heavy atom. The smallest absolute Gasteiger partial charge is 0.181 e. The van der Waals surface area contributed by atoms with Gasteiger partial charge in [0.15, 0.2) is 11.6 Å². The SMILES string of the molecule is Nc1cc(CCC=O)cc(F)c1F. The zero-order valence-corrected chi connectivity index (χ0v) is 6.89. The Labute approximate surface area is 74.4 Å². The van der Waals surface area contributed by atoms with E-state index in [1.807, 2.05) is 0 Å². The summed E-state index contributed by atoms with van der Waals surface area (Å²) in [6, 6.07) is 2.39. The summed E-state index contributed by atoms with van der Waals surface area (Å²) in [7, 11) is 0. The highest BCUT2D eigenvalue weighted by molar-refractivity contribution is 5.51. The Kier molecular flexibility index (Phi) is 2.95. The van der Waals surface area contributed by atoms with Crippen molar-refractivity contribution in [3.05, 3.63) is 29.3 Å². The summed E-state index contributed by atoms with van der Waals surface area (Å²) in [6.07, 6.45) is 1.38. The minimum Gasteiger partial charge on any atom is -0.396 e. The summed E-state index contributed by atoms with van der Waals surface area (Å²) in [5, 5.41) is 0. The van der Waals surface area contributed by atoms with Crippen LogP contribution in [-0.4, -0.2) is 6.29 Å². The molecule has 0 amide bonds. The molecule has 0 saturated carbocycles. The lowest BCUT2D eigenvalue weighted by Crippen LogP contribution is -1.97. The Balaban J connectivity index is 2.92. The average Bonchev–Trinajstić information content (AvgIpc) is 2.10. The van der Waals surface area contributed by atoms with Gasteiger partial charge in [0.25, 0.3) is 0 Å². The van der Waals surface area contributed by atoms with Crippen LogP contribution in [0.25, 0.3) is 0 Å². The first-order chi connectivity index (χ1) is 6.15. The van der Waals surface area contributed by atoms with Crippen LogP contribution in [0.3, 0.4) is 0 Å². The zero-order chi connectivity index (χ0) is 9.84. The number of aldehydes is 1. The van der Waals surface area contributed by atoms with Crippen LogP contribution in [-0.2, 0) is 11.2 Å². The minimum absolute atomic E-state index is 0.221. The first-order valence-electron chi connectivity index (χ1n) is 3.82. The molecule has 0 atom stereocenters. The van der Waals surface area contributed by atoms with Crippen molar-refractivity contribution < 1.29 is 13.6 Å². The molecule has 2 N–H and O–H groups in total. The van der Waals surface area contributed by atoms with Crippen LogP contribution in [0.2, 0.25) is 0 Å². The lowest BCUT2D eigenvalue weighted by Gasteiger charge is -2.02. The molecule has 13 heavy (non-hydrogen) atoms. The Bertz CT molecular complexity index is 302. The van der Waals surface area contributed by atoms with E-state index in [1.165, 1.54) is 6.07 Å². The standard InChI is InChI=1S/C9H9F2NO/c10-7-4-6(2-1-3-13)5-8(12)9(7)11/h3-5H,1-2,12H2. The van der Waals surface area contributed by atoms with Gasteiger partial charge in [0.1, 0.15) is 6.29 Å². The van der Waals surface area contributed by atoms with E-state index in [9.17, 15) is 13.6 Å². The highest BCUT2D eigenvalue weighted by Crippen LogP contribution is 2.17. The van der Waals surface area contributed by atoms with Crippen molar-refractivity contribution >= 4 is 12.0 Å². The lowest BCUT2D eigenvalue weighted by molar-refractivity contribution is -0.107. The predicted molar refractivity (Wildman–Crippen MR) is 45.2 cm³/mol. The maximum atomic E-state index is 12.7. The predicted octanol–water partition coefficient (Wildman–Crippen LogP) is 1.68. The van der Waals surface area contributed by atoms with Crippen LogP contribution in [0.1, 0.15) is 12.0 Å². The van der Waals surface area contributed by atoms with Crippen LogP contribution in [0.5, 0.6) is 0 Å². The summed E-state index contributed by atoms with van der Waals surface area (Å²) in [6.45, 7) is 0. The fourth-order valence-corrected chi connectivity index (χ4v) is 1.04. The summed E-state index contributed by atoms with van der Waals surface area (Å²) >= 11 is 0. The number of carbonyl (C=O) groups is 1. The maximum Gasteiger partial charge on any atom is 0.181 e. The van der Waals surface area contributed by atoms with Gasteiger partial charge in [-0.1, -0.05) is 0 Å². The second-order valence-corrected chi connectivity index (χ2v) is 2.69. The fourth-order valence-electron chi connectivity index (χ4n) is 1.04. The monoisotopic (exact) mass is 185 g/mol. The van der Waals surface area contributed by atoms with E-state index in [0.717, 1.165) is 12.4 Å². The normalized spacial score (nSPS) is 10.0. The van der Waals surface area contributed by atoms with Crippen molar-refractivity contribution in [2.75, 3.05) is 5.73 Å². The second-order valence-electron chi connectivity index (χ2n) is 2.69. The average molecular weight is 185 g/mol. The van der Waals surface area contributed by atoms with Crippen molar-refractivity contribution in [1.29, 1.82) is 0 Å². The molecule has 70 valence electrons. The lowest BCUT2D eigenvalue weighted by atomic mass is 10.1. The molecule has 0 unspecified atom stereocenters. The Hall–Kier alpha value is -1.45. The number of hydrogen-bond acceptors (Lipinski definition) is 2. The van der Waals surface area contributed by atoms with Crippen LogP contribution in [0.15, 0.2) is 12.1 Å². The van der Waals surface area contributed by atoms with Gasteiger partial charge in [0.2, 0.25) is 0 Å². The topological polar surface area (TPSA) is 43.1 Å². The molecular weight excluding hydrogens is 176 g/mol. The third-order valence-electron chi connectivity index (χ3n) is 1.67. The van der Waals surface area contributed by atoms with E-state index in [2.05, 4.69) is 0 Å². The second kappa shape index (κ2) is 3.98. The van der Waals surface area contributed by atoms with E-state index in [4.69, 9.17) is 5.73 Å². The number of aryl methyl sites for hydroxylation is 1. The van der Waals surface area contributed by atoms with Crippen molar-refractivity contribution in [3.8, 4) is 0 Å². The van der Waals surface area contributed by atoms with E-state index in [-0.39, 0.29) is 12.1 Å². The number of hydrogen-bond donors (Lipinski definition) is 1. The molecule has 1 rings (SSSR count). The van der Waals surface area contributed by atoms with Gasteiger partial charge in [-0.2, -0.15) is 0 Å². The van der Waals surface area contributed by atoms with Crippen LogP contribution < -0.4 is 5.73 Å². The van der Waals surface area contributed by atoms with E-state index >= 15 is 0 Å². The zero-order valence-electron chi connectivity index (χ0n) is 6.89. The summed E-state index contributed by atoms with van der Waals surface area (Å²) in [5.74, 6) is -2.00. The molecule has 0 fully saturated rings. The van der Waals surface area contributed by atoms with Gasteiger partial charge in [-0.05, 0) is 24.1 Å². The molecule has 0 aliphatic rings. The quantitative estimate of drug-likeness (QED) is 0.575. The molecule has 1 aromatic carbocycles. The summed E-state index contributed by atoms with van der Waals surface area (Å²) in [4.78, 5) is 10.0. The number of benzene rings is 1. The van der Waals surface area contributed by atoms with Crippen LogP contribution >= 0.6 is 0 Å². The number of nitrogen functional groups attached to an aromatic ring is 1. The van der Waals surface area contributed by atoms with E-state index < -0.39 is 11.6 Å². The molecule has 4 heteroatoms. The Morgan fingerprint density at radius 3 is 2.62 bits per heavy atom. The summed E-state index contributed by atoms with van der Waals surface area (Å²) < 4.78 is 25.4. The number of rotatable bonds is 3. The van der Waals surface area contributed by atoms with Gasteiger partial charge in [-0.25, -0.2) is 8.78 Å². The molecule has 0 aliphatic carbocycles. The van der Waals surface area contributed by atoms with Gasteiger partial charge < -0.3 is 10.5 Å². The molecule has 0 spiro atoms. The Morgan fingerprint density at radius 2 is 2.08 bits per heavy atom. The molecule has 1 aromatic rings. The van der Waals surface area contributed by atoms with Crippen molar-refractivity contribution in [2.45, 2.75) is 12.8 Å². The first kappa shape index (κ1) is 9.64. The largest absolute Gasteiger partial charge is 0.396 e. The number of anilines is 1. The molecule has 0 bridgehead atoms. The van der Waals surface area contributed by atoms with Gasteiger partial charge in [0, 0.05) is 6.42 Å². The highest BCUT2D eigenvalue weighted by Gasteiger charge is 2.07. The third-order valence-corrected chi connectivity index (χ3v) is 1.67. The molecule has 0 saturated heterocycles. The number of halogens is 2. The van der Waals surface area contributed by atoms with Crippen molar-refractivity contribution in [1.82, 2.24) is 0 Å². The molecule has 2 nitrogen and oxygen atoms in total. The van der Waals surface area contributed by atoms with E-state index in [0.29, 0.717) is 12.0 Å². The molecular formula is C9H9F2NO.